The molecule has 0 bridgehead atoms. The third-order valence-corrected chi connectivity index (χ3v) is 2.93. The minimum absolute atomic E-state index is 0.101. The monoisotopic (exact) mass is 259 g/mol. The highest BCUT2D eigenvalue weighted by atomic mass is 35.5. The van der Waals surface area contributed by atoms with Gasteiger partial charge in [-0.25, -0.2) is 0 Å². The predicted octanol–water partition coefficient (Wildman–Crippen LogP) is 2.21. The maximum absolute atomic E-state index is 11.2. The van der Waals surface area contributed by atoms with Gasteiger partial charge in [0.1, 0.15) is 11.0 Å². The molecule has 0 atom stereocenters. The standard InChI is InChI=1S/C8H6ClN3OS2/c9-4-1-2-5-8(12-15-11-5)7(4)10-6(13)3-14/h1-2,14H,3H2,(H,10,13). The molecule has 0 aliphatic rings. The van der Waals surface area contributed by atoms with Crippen molar-refractivity contribution in [3.8, 4) is 0 Å². The lowest BCUT2D eigenvalue weighted by Gasteiger charge is -2.05. The number of nitrogens with zero attached hydrogens (tertiary/aromatic N) is 2. The van der Waals surface area contributed by atoms with Gasteiger partial charge >= 0.3 is 0 Å². The van der Waals surface area contributed by atoms with Gasteiger partial charge in [-0.05, 0) is 12.1 Å². The summed E-state index contributed by atoms with van der Waals surface area (Å²) in [5.74, 6) is -0.120. The van der Waals surface area contributed by atoms with Gasteiger partial charge in [0.2, 0.25) is 5.91 Å². The minimum Gasteiger partial charge on any atom is -0.322 e. The summed E-state index contributed by atoms with van der Waals surface area (Å²) >= 11 is 10.9. The Morgan fingerprint density at radius 2 is 2.33 bits per heavy atom. The first-order chi connectivity index (χ1) is 7.22. The van der Waals surface area contributed by atoms with E-state index in [4.69, 9.17) is 11.6 Å². The molecule has 1 heterocycles. The first-order valence-electron chi connectivity index (χ1n) is 4.04. The van der Waals surface area contributed by atoms with Crippen LogP contribution in [0.5, 0.6) is 0 Å². The number of halogens is 1. The van der Waals surface area contributed by atoms with E-state index in [-0.39, 0.29) is 11.7 Å². The molecule has 0 spiro atoms. The number of hydrogen-bond donors (Lipinski definition) is 2. The van der Waals surface area contributed by atoms with Crippen LogP contribution in [0.3, 0.4) is 0 Å². The molecular formula is C8H6ClN3OS2. The first kappa shape index (κ1) is 10.7. The topological polar surface area (TPSA) is 54.9 Å². The highest BCUT2D eigenvalue weighted by molar-refractivity contribution is 7.81. The van der Waals surface area contributed by atoms with Crippen molar-refractivity contribution in [1.29, 1.82) is 0 Å². The van der Waals surface area contributed by atoms with Crippen LogP contribution in [-0.4, -0.2) is 20.4 Å². The van der Waals surface area contributed by atoms with Gasteiger partial charge < -0.3 is 5.32 Å². The molecule has 4 nitrogen and oxygen atoms in total. The van der Waals surface area contributed by atoms with Gasteiger partial charge in [0, 0.05) is 0 Å². The summed E-state index contributed by atoms with van der Waals surface area (Å²) in [6.07, 6.45) is 0. The van der Waals surface area contributed by atoms with Crippen molar-refractivity contribution in [2.24, 2.45) is 0 Å². The van der Waals surface area contributed by atoms with Crippen LogP contribution in [0.4, 0.5) is 5.69 Å². The highest BCUT2D eigenvalue weighted by Gasteiger charge is 2.11. The second kappa shape index (κ2) is 4.34. The number of nitrogens with one attached hydrogen (secondary N) is 1. The zero-order valence-corrected chi connectivity index (χ0v) is 9.86. The molecule has 1 N–H and O–H groups in total. The maximum Gasteiger partial charge on any atom is 0.234 e. The molecule has 0 saturated carbocycles. The van der Waals surface area contributed by atoms with Crippen molar-refractivity contribution in [2.75, 3.05) is 11.1 Å². The van der Waals surface area contributed by atoms with Crippen LogP contribution in [0.2, 0.25) is 5.02 Å². The molecule has 0 aliphatic carbocycles. The van der Waals surface area contributed by atoms with Gasteiger partial charge in [-0.3, -0.25) is 4.79 Å². The summed E-state index contributed by atoms with van der Waals surface area (Å²) in [6.45, 7) is 0. The highest BCUT2D eigenvalue weighted by Crippen LogP contribution is 2.29. The summed E-state index contributed by atoms with van der Waals surface area (Å²) in [4.78, 5) is 11.2. The lowest BCUT2D eigenvalue weighted by molar-refractivity contribution is -0.113. The fraction of sp³-hybridized carbons (Fsp3) is 0.125. The Labute approximate surface area is 100 Å². The van der Waals surface area contributed by atoms with Crippen molar-refractivity contribution in [1.82, 2.24) is 8.75 Å². The molecular weight excluding hydrogens is 254 g/mol. The Morgan fingerprint density at radius 1 is 1.53 bits per heavy atom. The van der Waals surface area contributed by atoms with E-state index < -0.39 is 0 Å². The maximum atomic E-state index is 11.2. The third kappa shape index (κ3) is 2.06. The summed E-state index contributed by atoms with van der Waals surface area (Å²) in [7, 11) is 0. The number of anilines is 1. The average Bonchev–Trinajstić information content (AvgIpc) is 2.70. The van der Waals surface area contributed by atoms with Crippen molar-refractivity contribution in [2.45, 2.75) is 0 Å². The van der Waals surface area contributed by atoms with Crippen LogP contribution >= 0.6 is 36.0 Å². The van der Waals surface area contributed by atoms with E-state index in [9.17, 15) is 4.79 Å². The van der Waals surface area contributed by atoms with Crippen LogP contribution in [-0.2, 0) is 4.79 Å². The molecule has 2 aromatic rings. The molecule has 78 valence electrons. The quantitative estimate of drug-likeness (QED) is 0.813. The Hall–Kier alpha value is -0.850. The van der Waals surface area contributed by atoms with Gasteiger partial charge in [-0.15, -0.1) is 0 Å². The van der Waals surface area contributed by atoms with E-state index >= 15 is 0 Å². The first-order valence-corrected chi connectivity index (χ1v) is 5.78. The van der Waals surface area contributed by atoms with Gasteiger partial charge in [-0.1, -0.05) is 11.6 Å². The molecule has 1 amide bonds. The molecule has 0 radical (unpaired) electrons. The second-order valence-corrected chi connectivity index (χ2v) is 4.01. The number of aromatic nitrogens is 2. The summed E-state index contributed by atoms with van der Waals surface area (Å²) in [5, 5.41) is 3.10. The number of fused-ring (bicyclic) bond motifs is 1. The van der Waals surface area contributed by atoms with Crippen LogP contribution in [0.15, 0.2) is 12.1 Å². The second-order valence-electron chi connectivity index (χ2n) is 2.76. The van der Waals surface area contributed by atoms with E-state index in [0.29, 0.717) is 16.2 Å². The molecule has 0 aliphatic heterocycles. The Bertz CT molecular complexity index is 514. The molecule has 2 rings (SSSR count). The van der Waals surface area contributed by atoms with Gasteiger partial charge in [0.15, 0.2) is 0 Å². The lowest BCUT2D eigenvalue weighted by Crippen LogP contribution is -2.13. The number of thiol groups is 1. The SMILES string of the molecule is O=C(CS)Nc1c(Cl)ccc2nsnc12. The Balaban J connectivity index is 2.51. The minimum atomic E-state index is -0.222. The zero-order valence-electron chi connectivity index (χ0n) is 7.40. The molecule has 15 heavy (non-hydrogen) atoms. The smallest absolute Gasteiger partial charge is 0.234 e. The van der Waals surface area contributed by atoms with Crippen LogP contribution < -0.4 is 5.32 Å². The van der Waals surface area contributed by atoms with Crippen LogP contribution in [0.25, 0.3) is 11.0 Å². The molecule has 7 heteroatoms. The van der Waals surface area contributed by atoms with E-state index in [1.807, 2.05) is 0 Å². The van der Waals surface area contributed by atoms with Crippen molar-refractivity contribution in [3.05, 3.63) is 17.2 Å². The van der Waals surface area contributed by atoms with E-state index in [1.54, 1.807) is 12.1 Å². The summed E-state index contributed by atoms with van der Waals surface area (Å²) < 4.78 is 8.13. The van der Waals surface area contributed by atoms with Crippen LogP contribution in [0, 0.1) is 0 Å². The van der Waals surface area contributed by atoms with Gasteiger partial charge in [0.25, 0.3) is 0 Å². The number of rotatable bonds is 2. The molecule has 0 fully saturated rings. The molecule has 1 aromatic carbocycles. The zero-order chi connectivity index (χ0) is 10.8. The van der Waals surface area contributed by atoms with E-state index in [0.717, 1.165) is 17.2 Å². The number of amides is 1. The van der Waals surface area contributed by atoms with Crippen LogP contribution in [0.1, 0.15) is 0 Å². The van der Waals surface area contributed by atoms with Crippen molar-refractivity contribution in [3.63, 3.8) is 0 Å². The van der Waals surface area contributed by atoms with E-state index in [2.05, 4.69) is 26.7 Å². The van der Waals surface area contributed by atoms with Crippen molar-refractivity contribution < 1.29 is 4.79 Å². The Kier molecular flexibility index (Phi) is 3.08. The third-order valence-electron chi connectivity index (χ3n) is 1.79. The lowest BCUT2D eigenvalue weighted by atomic mass is 10.2. The Morgan fingerprint density at radius 3 is 3.07 bits per heavy atom. The fourth-order valence-electron chi connectivity index (χ4n) is 1.12. The molecule has 0 saturated heterocycles. The van der Waals surface area contributed by atoms with Gasteiger partial charge in [0.05, 0.1) is 28.2 Å². The fourth-order valence-corrected chi connectivity index (χ4v) is 1.95. The summed E-state index contributed by atoms with van der Waals surface area (Å²) in [5.41, 5.74) is 1.84. The predicted molar refractivity (Wildman–Crippen MR) is 64.9 cm³/mol. The number of hydrogen-bond acceptors (Lipinski definition) is 5. The van der Waals surface area contributed by atoms with Gasteiger partial charge in [-0.2, -0.15) is 21.4 Å². The normalized spacial score (nSPS) is 10.5. The number of carbonyl (C=O) groups is 1. The summed E-state index contributed by atoms with van der Waals surface area (Å²) in [6, 6.07) is 3.44. The number of benzene rings is 1. The van der Waals surface area contributed by atoms with E-state index in [1.165, 1.54) is 0 Å². The molecule has 0 unspecified atom stereocenters. The average molecular weight is 260 g/mol. The number of carbonyl (C=O) groups excluding carboxylic acids is 1. The largest absolute Gasteiger partial charge is 0.322 e. The molecule has 1 aromatic heterocycles. The van der Waals surface area contributed by atoms with Crippen molar-refractivity contribution >= 4 is 58.6 Å².